The van der Waals surface area contributed by atoms with Crippen LogP contribution in [0, 0.1) is 0 Å². The van der Waals surface area contributed by atoms with Crippen molar-refractivity contribution in [2.45, 2.75) is 309 Å². The Morgan fingerprint density at radius 3 is 0.897 bits per heavy atom. The highest BCUT2D eigenvalue weighted by molar-refractivity contribution is 5.70. The average molecular weight is 1340 g/mol. The number of allylic oxidation sites excluding steroid dienone is 30. The molecule has 0 amide bonds. The lowest BCUT2D eigenvalue weighted by atomic mass is 10.0. The normalized spacial score (nSPS) is 13.7. The Balaban J connectivity index is 4.20. The number of hydrogen-bond donors (Lipinski definition) is 0. The predicted octanol–water partition coefficient (Wildman–Crippen LogP) is 23.8. The first kappa shape index (κ1) is 91.4. The molecule has 0 heterocycles. The smallest absolute Gasteiger partial charge is 0.306 e. The first-order valence-corrected chi connectivity index (χ1v) is 38.9. The van der Waals surface area contributed by atoms with Crippen LogP contribution in [0.2, 0.25) is 0 Å². The van der Waals surface area contributed by atoms with Crippen LogP contribution in [0.25, 0.3) is 0 Å². The Labute approximate surface area is 596 Å². The maximum absolute atomic E-state index is 12.9. The highest BCUT2D eigenvalue weighted by atomic mass is 16.7. The molecule has 0 N–H and O–H groups in total. The van der Waals surface area contributed by atoms with Gasteiger partial charge < -0.3 is 33.3 Å². The lowest BCUT2D eigenvalue weighted by Crippen LogP contribution is -2.44. The van der Waals surface area contributed by atoms with Gasteiger partial charge in [0.25, 0.3) is 0 Å². The zero-order chi connectivity index (χ0) is 70.4. The number of carboxylic acid groups (broad SMARTS) is 1. The molecule has 0 aliphatic heterocycles. The third-order valence-corrected chi connectivity index (χ3v) is 16.1. The Kier molecular flexibility index (Phi) is 71.7. The summed E-state index contributed by atoms with van der Waals surface area (Å²) in [6, 6.07) is 0. The molecule has 0 aliphatic rings. The van der Waals surface area contributed by atoms with Gasteiger partial charge in [0.1, 0.15) is 13.2 Å². The molecule has 0 rings (SSSR count). The highest BCUT2D eigenvalue weighted by Crippen LogP contribution is 2.17. The number of carboxylic acids is 1. The van der Waals surface area contributed by atoms with Crippen LogP contribution in [0.1, 0.15) is 296 Å². The Morgan fingerprint density at radius 1 is 0.320 bits per heavy atom. The number of ether oxygens (including phenoxy) is 4. The molecular weight excluding hydrogens is 1200 g/mol. The zero-order valence-electron chi connectivity index (χ0n) is 62.6. The molecule has 0 aromatic heterocycles. The molecule has 9 nitrogen and oxygen atoms in total. The highest BCUT2D eigenvalue weighted by Gasteiger charge is 2.22. The van der Waals surface area contributed by atoms with Crippen molar-refractivity contribution in [2.75, 3.05) is 47.5 Å². The zero-order valence-corrected chi connectivity index (χ0v) is 62.6. The van der Waals surface area contributed by atoms with E-state index < -0.39 is 24.3 Å². The van der Waals surface area contributed by atoms with E-state index in [1.54, 1.807) is 0 Å². The van der Waals surface area contributed by atoms with Crippen LogP contribution in [-0.4, -0.2) is 82.3 Å². The van der Waals surface area contributed by atoms with Gasteiger partial charge in [-0.25, -0.2) is 0 Å². The van der Waals surface area contributed by atoms with E-state index in [-0.39, 0.29) is 38.6 Å². The number of carbonyl (C=O) groups is 3. The molecule has 0 radical (unpaired) electrons. The van der Waals surface area contributed by atoms with E-state index in [4.69, 9.17) is 18.9 Å². The van der Waals surface area contributed by atoms with Crippen LogP contribution in [0.3, 0.4) is 0 Å². The van der Waals surface area contributed by atoms with Crippen LogP contribution in [0.4, 0.5) is 0 Å². The van der Waals surface area contributed by atoms with Crippen LogP contribution in [0.15, 0.2) is 182 Å². The van der Waals surface area contributed by atoms with Gasteiger partial charge in [0.2, 0.25) is 0 Å². The van der Waals surface area contributed by atoms with Crippen molar-refractivity contribution in [3.8, 4) is 0 Å². The summed E-state index contributed by atoms with van der Waals surface area (Å²) < 4.78 is 22.8. The van der Waals surface area contributed by atoms with E-state index in [0.717, 1.165) is 122 Å². The summed E-state index contributed by atoms with van der Waals surface area (Å²) in [5.41, 5.74) is 0. The van der Waals surface area contributed by atoms with Gasteiger partial charge in [0, 0.05) is 12.8 Å². The van der Waals surface area contributed by atoms with Crippen LogP contribution >= 0.6 is 0 Å². The number of quaternary nitrogens is 1. The Morgan fingerprint density at radius 2 is 0.588 bits per heavy atom. The second-order valence-corrected chi connectivity index (χ2v) is 26.6. The van der Waals surface area contributed by atoms with Crippen molar-refractivity contribution in [3.05, 3.63) is 182 Å². The fourth-order valence-corrected chi connectivity index (χ4v) is 10.2. The number of aliphatic carboxylic acids is 1. The minimum Gasteiger partial charge on any atom is -0.545 e. The summed E-state index contributed by atoms with van der Waals surface area (Å²) in [6.07, 6.45) is 113. The summed E-state index contributed by atoms with van der Waals surface area (Å²) in [5, 5.41) is 11.9. The van der Waals surface area contributed by atoms with Gasteiger partial charge in [-0.2, -0.15) is 0 Å². The Bertz CT molecular complexity index is 2260. The number of hydrogen-bond acceptors (Lipinski definition) is 8. The predicted molar refractivity (Wildman–Crippen MR) is 416 cm³/mol. The number of nitrogens with zero attached hydrogens (tertiary/aromatic N) is 1. The maximum atomic E-state index is 12.9. The van der Waals surface area contributed by atoms with Gasteiger partial charge in [-0.1, -0.05) is 325 Å². The van der Waals surface area contributed by atoms with Gasteiger partial charge in [0.05, 0.1) is 40.3 Å². The molecule has 97 heavy (non-hydrogen) atoms. The van der Waals surface area contributed by atoms with E-state index >= 15 is 0 Å². The first-order chi connectivity index (χ1) is 47.6. The van der Waals surface area contributed by atoms with E-state index in [0.29, 0.717) is 17.4 Å². The van der Waals surface area contributed by atoms with E-state index in [9.17, 15) is 19.5 Å². The molecule has 2 atom stereocenters. The molecule has 9 heteroatoms. The van der Waals surface area contributed by atoms with Gasteiger partial charge in [-0.05, 0) is 141 Å². The monoisotopic (exact) mass is 1340 g/mol. The number of unbranched alkanes of at least 4 members (excludes halogenated alkanes) is 25. The molecule has 0 saturated carbocycles. The van der Waals surface area contributed by atoms with Crippen molar-refractivity contribution in [2.24, 2.45) is 0 Å². The third kappa shape index (κ3) is 77.6. The van der Waals surface area contributed by atoms with E-state index in [1.807, 2.05) is 21.1 Å². The van der Waals surface area contributed by atoms with Crippen LogP contribution in [-0.2, 0) is 33.3 Å². The van der Waals surface area contributed by atoms with Crippen LogP contribution in [0.5, 0.6) is 0 Å². The molecule has 548 valence electrons. The van der Waals surface area contributed by atoms with Gasteiger partial charge in [-0.15, -0.1) is 0 Å². The molecule has 0 aromatic rings. The van der Waals surface area contributed by atoms with Crippen molar-refractivity contribution < 1.29 is 42.9 Å². The first-order valence-electron chi connectivity index (χ1n) is 38.9. The van der Waals surface area contributed by atoms with E-state index in [2.05, 4.69) is 196 Å². The summed E-state index contributed by atoms with van der Waals surface area (Å²) in [5.74, 6) is -2.35. The van der Waals surface area contributed by atoms with Gasteiger partial charge in [-0.3, -0.25) is 9.59 Å². The lowest BCUT2D eigenvalue weighted by molar-refractivity contribution is -0.870. The lowest BCUT2D eigenvalue weighted by Gasteiger charge is -2.26. The SMILES string of the molecule is CC/C=C\C/C=C\C/C=C\C/C=C\C/C=C\C/C=C\C/C=C\C/C=C\C/C=C\C/C=C\C/C=C\C/C=C\CCCCC(=O)OC(COC(=O)CCCCCCCCCCCCCCCCCCCC/C=C\C/C=C\C/C=C\CCCCCCC)COC(OCC[N+](C)(C)C)C(=O)[O-]. The van der Waals surface area contributed by atoms with Crippen molar-refractivity contribution in [1.82, 2.24) is 0 Å². The fraction of sp³-hybridized carbons (Fsp3) is 0.625. The molecule has 0 aromatic carbocycles. The molecular formula is C88H143NO8. The fourth-order valence-electron chi connectivity index (χ4n) is 10.2. The molecule has 0 bridgehead atoms. The quantitative estimate of drug-likeness (QED) is 0.0195. The molecule has 0 saturated heterocycles. The Hall–Kier alpha value is -5.61. The summed E-state index contributed by atoms with van der Waals surface area (Å²) in [7, 11) is 5.91. The number of carbonyl (C=O) groups excluding carboxylic acids is 3. The van der Waals surface area contributed by atoms with Gasteiger partial charge in [0.15, 0.2) is 12.4 Å². The van der Waals surface area contributed by atoms with Crippen molar-refractivity contribution in [1.29, 1.82) is 0 Å². The minimum absolute atomic E-state index is 0.130. The molecule has 0 aliphatic carbocycles. The molecule has 0 fully saturated rings. The molecule has 0 spiro atoms. The minimum atomic E-state index is -1.65. The van der Waals surface area contributed by atoms with Gasteiger partial charge >= 0.3 is 11.9 Å². The van der Waals surface area contributed by atoms with Crippen molar-refractivity contribution in [3.63, 3.8) is 0 Å². The van der Waals surface area contributed by atoms with Crippen molar-refractivity contribution >= 4 is 17.9 Å². The largest absolute Gasteiger partial charge is 0.545 e. The number of esters is 2. The summed E-state index contributed by atoms with van der Waals surface area (Å²) in [6.45, 7) is 4.57. The average Bonchev–Trinajstić information content (AvgIpc) is 2.39. The molecule has 2 unspecified atom stereocenters. The number of rotatable bonds is 70. The topological polar surface area (TPSA) is 111 Å². The maximum Gasteiger partial charge on any atom is 0.306 e. The van der Waals surface area contributed by atoms with Crippen LogP contribution < -0.4 is 5.11 Å². The second-order valence-electron chi connectivity index (χ2n) is 26.6. The third-order valence-electron chi connectivity index (χ3n) is 16.1. The number of likely N-dealkylation sites (N-methyl/N-ethyl adjacent to an activating group) is 1. The summed E-state index contributed by atoms with van der Waals surface area (Å²) in [4.78, 5) is 37.6. The van der Waals surface area contributed by atoms with E-state index in [1.165, 1.54) is 141 Å². The standard InChI is InChI=1S/C88H143NO8/c1-6-8-10-12-14-16-18-20-22-24-26-28-30-32-34-36-38-40-41-42-43-44-45-47-49-51-53-55-57-59-61-63-65-67-69-71-73-75-77-79-86(91)97-84(83-96-88(87(92)93)94-81-80-89(3,4)5)82-95-85(90)78-76-74-72-70-68-66-64-62-60-58-56-54-52-50-48-46-39-37-35-33-31-29-27-25-23-21-19-17-15-13-11-9-7-2/h8,10,14,16,19-22,25-28,31-34,38,40,42-43,45,47,51,53,57,59,63,65,69,71,84,88H,6-7,9,11-13,15,17-18,23-24,29-30,35-37,39,41,44,46,48-50,52,54-56,58,60-62,64,66-68,70,72-83H2,1-5H3/b10-8-,16-14-,21-19-,22-20-,27-25-,28-26-,33-31-,34-32-,40-38-,43-42-,47-45-,53-51-,59-57-,65-63-,71-69-. The summed E-state index contributed by atoms with van der Waals surface area (Å²) >= 11 is 0. The second kappa shape index (κ2) is 76.1.